The number of aromatic nitrogens is 3. The van der Waals surface area contributed by atoms with Crippen molar-refractivity contribution in [3.8, 4) is 0 Å². The number of thioether (sulfide) groups is 1. The Morgan fingerprint density at radius 3 is 2.86 bits per heavy atom. The molecule has 11 heteroatoms. The Bertz CT molecular complexity index is 757. The molecule has 2 aromatic heterocycles. The van der Waals surface area contributed by atoms with Crippen LogP contribution in [0.2, 0.25) is 0 Å². The van der Waals surface area contributed by atoms with Crippen LogP contribution in [0.1, 0.15) is 22.3 Å². The molecular formula is C11H10N4O5S2. The van der Waals surface area contributed by atoms with Crippen LogP contribution in [0.4, 0.5) is 5.00 Å². The molecule has 116 valence electrons. The van der Waals surface area contributed by atoms with Gasteiger partial charge in [0.1, 0.15) is 16.8 Å². The fourth-order valence-corrected chi connectivity index (χ4v) is 2.95. The molecule has 0 radical (unpaired) electrons. The van der Waals surface area contributed by atoms with E-state index in [0.717, 1.165) is 29.3 Å². The average Bonchev–Trinajstić information content (AvgIpc) is 2.94. The zero-order chi connectivity index (χ0) is 16.1. The number of nitrogens with zero attached hydrogens (tertiary/aromatic N) is 3. The first-order valence-electron chi connectivity index (χ1n) is 5.99. The quantitative estimate of drug-likeness (QED) is 0.276. The summed E-state index contributed by atoms with van der Waals surface area (Å²) >= 11 is 2.11. The lowest BCUT2D eigenvalue weighted by atomic mass is 10.3. The normalized spacial score (nSPS) is 10.4. The lowest BCUT2D eigenvalue weighted by Crippen LogP contribution is -2.20. The lowest BCUT2D eigenvalue weighted by molar-refractivity contribution is -0.380. The molecule has 0 amide bonds. The Morgan fingerprint density at radius 1 is 1.50 bits per heavy atom. The standard InChI is InChI=1S/C11H10N4O5S2/c1-2-20-10(17)6-3-13-11(14-9(6)16)21-5-7-12-4-8(22-7)15(18)19/h3-4H,2,5H2,1H3,(H,13,14,16). The van der Waals surface area contributed by atoms with Crippen molar-refractivity contribution in [2.24, 2.45) is 0 Å². The number of H-pyrrole nitrogens is 1. The van der Waals surface area contributed by atoms with Crippen LogP contribution in [0, 0.1) is 10.1 Å². The Hall–Kier alpha value is -2.27. The molecule has 0 saturated heterocycles. The van der Waals surface area contributed by atoms with E-state index in [2.05, 4.69) is 15.0 Å². The Morgan fingerprint density at radius 2 is 2.27 bits per heavy atom. The number of carbonyl (C=O) groups is 1. The van der Waals surface area contributed by atoms with Gasteiger partial charge in [0.25, 0.3) is 5.56 Å². The molecule has 0 aromatic carbocycles. The number of esters is 1. The van der Waals surface area contributed by atoms with Gasteiger partial charge in [-0.3, -0.25) is 14.9 Å². The second-order valence-corrected chi connectivity index (χ2v) is 5.85. The van der Waals surface area contributed by atoms with Gasteiger partial charge >= 0.3 is 11.0 Å². The zero-order valence-electron chi connectivity index (χ0n) is 11.3. The number of carbonyl (C=O) groups excluding carboxylic acids is 1. The SMILES string of the molecule is CCOC(=O)c1cnc(SCc2ncc([N+](=O)[O-])s2)[nH]c1=O. The Labute approximate surface area is 131 Å². The molecule has 0 atom stereocenters. The topological polar surface area (TPSA) is 128 Å². The molecular weight excluding hydrogens is 332 g/mol. The van der Waals surface area contributed by atoms with Crippen LogP contribution in [-0.4, -0.2) is 32.5 Å². The fraction of sp³-hybridized carbons (Fsp3) is 0.273. The van der Waals surface area contributed by atoms with Gasteiger partial charge in [0.05, 0.1) is 17.3 Å². The van der Waals surface area contributed by atoms with Crippen molar-refractivity contribution >= 4 is 34.1 Å². The van der Waals surface area contributed by atoms with E-state index in [-0.39, 0.29) is 22.3 Å². The molecule has 2 heterocycles. The van der Waals surface area contributed by atoms with Crippen LogP contribution in [-0.2, 0) is 10.5 Å². The largest absolute Gasteiger partial charge is 0.462 e. The number of hydrogen-bond acceptors (Lipinski definition) is 9. The molecule has 0 aliphatic heterocycles. The van der Waals surface area contributed by atoms with E-state index < -0.39 is 16.5 Å². The molecule has 0 aliphatic rings. The third-order valence-corrected chi connectivity index (χ3v) is 4.36. The van der Waals surface area contributed by atoms with Gasteiger partial charge in [0.2, 0.25) is 0 Å². The molecule has 0 fully saturated rings. The third kappa shape index (κ3) is 3.89. The van der Waals surface area contributed by atoms with Gasteiger partial charge in [0, 0.05) is 6.20 Å². The summed E-state index contributed by atoms with van der Waals surface area (Å²) in [6.07, 6.45) is 2.32. The predicted molar refractivity (Wildman–Crippen MR) is 79.1 cm³/mol. The maximum Gasteiger partial charge on any atom is 0.345 e. The van der Waals surface area contributed by atoms with Crippen molar-refractivity contribution in [1.29, 1.82) is 0 Å². The molecule has 0 unspecified atom stereocenters. The van der Waals surface area contributed by atoms with Crippen molar-refractivity contribution in [1.82, 2.24) is 15.0 Å². The minimum atomic E-state index is -0.733. The Kier molecular flexibility index (Phi) is 5.22. The van der Waals surface area contributed by atoms with E-state index in [1.165, 1.54) is 6.20 Å². The van der Waals surface area contributed by atoms with Gasteiger partial charge in [-0.05, 0) is 18.3 Å². The van der Waals surface area contributed by atoms with E-state index in [9.17, 15) is 19.7 Å². The first kappa shape index (κ1) is 16.1. The highest BCUT2D eigenvalue weighted by Crippen LogP contribution is 2.26. The summed E-state index contributed by atoms with van der Waals surface area (Å²) in [5, 5.41) is 11.3. The number of nitro groups is 1. The van der Waals surface area contributed by atoms with Crippen molar-refractivity contribution in [2.45, 2.75) is 17.8 Å². The highest BCUT2D eigenvalue weighted by molar-refractivity contribution is 7.98. The summed E-state index contributed by atoms with van der Waals surface area (Å²) in [5.41, 5.74) is -0.767. The predicted octanol–water partition coefficient (Wildman–Crippen LogP) is 1.60. The van der Waals surface area contributed by atoms with E-state index >= 15 is 0 Å². The first-order chi connectivity index (χ1) is 10.5. The molecule has 2 rings (SSSR count). The second-order valence-electron chi connectivity index (χ2n) is 3.79. The van der Waals surface area contributed by atoms with E-state index in [4.69, 9.17) is 4.74 Å². The maximum atomic E-state index is 11.7. The summed E-state index contributed by atoms with van der Waals surface area (Å²) in [6, 6.07) is 0. The highest BCUT2D eigenvalue weighted by atomic mass is 32.2. The van der Waals surface area contributed by atoms with Crippen molar-refractivity contribution in [2.75, 3.05) is 6.61 Å². The van der Waals surface area contributed by atoms with E-state index in [1.807, 2.05) is 0 Å². The van der Waals surface area contributed by atoms with Crippen molar-refractivity contribution < 1.29 is 14.5 Å². The molecule has 0 aliphatic carbocycles. The molecule has 0 bridgehead atoms. The van der Waals surface area contributed by atoms with Gasteiger partial charge in [-0.2, -0.15) is 0 Å². The third-order valence-electron chi connectivity index (χ3n) is 2.33. The van der Waals surface area contributed by atoms with E-state index in [0.29, 0.717) is 10.8 Å². The van der Waals surface area contributed by atoms with Gasteiger partial charge < -0.3 is 9.72 Å². The minimum absolute atomic E-state index is 0.0466. The molecule has 0 saturated carbocycles. The molecule has 1 N–H and O–H groups in total. The molecule has 0 spiro atoms. The second kappa shape index (κ2) is 7.13. The number of nitrogens with one attached hydrogen (secondary N) is 1. The monoisotopic (exact) mass is 342 g/mol. The van der Waals surface area contributed by atoms with Gasteiger partial charge in [-0.15, -0.1) is 0 Å². The number of hydrogen-bond donors (Lipinski definition) is 1. The molecule has 2 aromatic rings. The minimum Gasteiger partial charge on any atom is -0.462 e. The zero-order valence-corrected chi connectivity index (χ0v) is 12.9. The fourth-order valence-electron chi connectivity index (χ4n) is 1.39. The highest BCUT2D eigenvalue weighted by Gasteiger charge is 2.14. The van der Waals surface area contributed by atoms with Gasteiger partial charge in [-0.25, -0.2) is 14.8 Å². The first-order valence-corrected chi connectivity index (χ1v) is 7.79. The smallest absolute Gasteiger partial charge is 0.345 e. The lowest BCUT2D eigenvalue weighted by Gasteiger charge is -2.02. The number of thiazole rings is 1. The van der Waals surface area contributed by atoms with Crippen LogP contribution >= 0.6 is 23.1 Å². The summed E-state index contributed by atoms with van der Waals surface area (Å²) in [4.78, 5) is 43.6. The van der Waals surface area contributed by atoms with E-state index in [1.54, 1.807) is 6.92 Å². The van der Waals surface area contributed by atoms with Crippen LogP contribution < -0.4 is 5.56 Å². The number of rotatable bonds is 6. The summed E-state index contributed by atoms with van der Waals surface area (Å²) in [7, 11) is 0. The molecule has 22 heavy (non-hydrogen) atoms. The number of ether oxygens (including phenoxy) is 1. The van der Waals surface area contributed by atoms with Gasteiger partial charge in [-0.1, -0.05) is 11.8 Å². The van der Waals surface area contributed by atoms with Crippen LogP contribution in [0.25, 0.3) is 0 Å². The summed E-state index contributed by atoms with van der Waals surface area (Å²) in [6.45, 7) is 1.80. The summed E-state index contributed by atoms with van der Waals surface area (Å²) in [5.74, 6) is -0.413. The summed E-state index contributed by atoms with van der Waals surface area (Å²) < 4.78 is 4.73. The van der Waals surface area contributed by atoms with Crippen LogP contribution in [0.3, 0.4) is 0 Å². The van der Waals surface area contributed by atoms with Gasteiger partial charge in [0.15, 0.2) is 5.16 Å². The average molecular weight is 342 g/mol. The van der Waals surface area contributed by atoms with Crippen molar-refractivity contribution in [3.63, 3.8) is 0 Å². The molecule has 9 nitrogen and oxygen atoms in total. The van der Waals surface area contributed by atoms with Crippen molar-refractivity contribution in [3.05, 3.63) is 43.4 Å². The maximum absolute atomic E-state index is 11.7. The number of aromatic amines is 1. The Balaban J connectivity index is 2.04. The van der Waals surface area contributed by atoms with Crippen LogP contribution in [0.15, 0.2) is 22.3 Å². The van der Waals surface area contributed by atoms with Crippen LogP contribution in [0.5, 0.6) is 0 Å².